The van der Waals surface area contributed by atoms with E-state index in [0.717, 1.165) is 41.3 Å². The van der Waals surface area contributed by atoms with Crippen molar-refractivity contribution < 1.29 is 9.84 Å². The summed E-state index contributed by atoms with van der Waals surface area (Å²) in [6, 6.07) is 16.2. The molecule has 0 amide bonds. The van der Waals surface area contributed by atoms with E-state index in [2.05, 4.69) is 22.5 Å². The highest BCUT2D eigenvalue weighted by atomic mass is 16.5. The van der Waals surface area contributed by atoms with Crippen molar-refractivity contribution >= 4 is 11.0 Å². The van der Waals surface area contributed by atoms with Crippen molar-refractivity contribution in [3.63, 3.8) is 0 Å². The largest absolute Gasteiger partial charge is 0.497 e. The zero-order chi connectivity index (χ0) is 17.6. The SMILES string of the molecule is CCCN(CCO)Cc1nc2ccccc2n1-c1ccc(OC)cc1. The molecule has 0 unspecified atom stereocenters. The van der Waals surface area contributed by atoms with Crippen LogP contribution in [0.1, 0.15) is 19.2 Å². The lowest BCUT2D eigenvalue weighted by Crippen LogP contribution is -2.28. The van der Waals surface area contributed by atoms with E-state index in [0.29, 0.717) is 13.1 Å². The zero-order valence-corrected chi connectivity index (χ0v) is 14.9. The van der Waals surface area contributed by atoms with Gasteiger partial charge in [0.05, 0.1) is 31.3 Å². The average Bonchev–Trinajstić information content (AvgIpc) is 3.00. The third-order valence-electron chi connectivity index (χ3n) is 4.28. The molecule has 0 aliphatic heterocycles. The second-order valence-corrected chi connectivity index (χ2v) is 6.05. The number of para-hydroxylation sites is 2. The van der Waals surface area contributed by atoms with Gasteiger partial charge < -0.3 is 9.84 Å². The summed E-state index contributed by atoms with van der Waals surface area (Å²) in [5.41, 5.74) is 3.13. The van der Waals surface area contributed by atoms with E-state index in [-0.39, 0.29) is 6.61 Å². The third kappa shape index (κ3) is 3.83. The minimum atomic E-state index is 0.156. The third-order valence-corrected chi connectivity index (χ3v) is 4.28. The fourth-order valence-corrected chi connectivity index (χ4v) is 3.13. The zero-order valence-electron chi connectivity index (χ0n) is 14.9. The van der Waals surface area contributed by atoms with Gasteiger partial charge in [0.1, 0.15) is 11.6 Å². The number of aliphatic hydroxyl groups is 1. The van der Waals surface area contributed by atoms with Crippen LogP contribution in [0.4, 0.5) is 0 Å². The maximum atomic E-state index is 9.34. The number of fused-ring (bicyclic) bond motifs is 1. The predicted molar refractivity (Wildman–Crippen MR) is 100 cm³/mol. The Balaban J connectivity index is 2.04. The molecule has 0 saturated carbocycles. The number of ether oxygens (including phenoxy) is 1. The molecule has 0 aliphatic rings. The van der Waals surface area contributed by atoms with Crippen molar-refractivity contribution in [2.75, 3.05) is 26.8 Å². The van der Waals surface area contributed by atoms with Gasteiger partial charge in [-0.25, -0.2) is 4.98 Å². The number of hydrogen-bond donors (Lipinski definition) is 1. The molecule has 0 fully saturated rings. The van der Waals surface area contributed by atoms with Crippen molar-refractivity contribution in [1.29, 1.82) is 0 Å². The first-order chi connectivity index (χ1) is 12.3. The molecule has 0 radical (unpaired) electrons. The molecule has 1 heterocycles. The average molecular weight is 339 g/mol. The summed E-state index contributed by atoms with van der Waals surface area (Å²) in [5.74, 6) is 1.82. The lowest BCUT2D eigenvalue weighted by Gasteiger charge is -2.21. The number of aromatic nitrogens is 2. The summed E-state index contributed by atoms with van der Waals surface area (Å²) in [7, 11) is 1.67. The summed E-state index contributed by atoms with van der Waals surface area (Å²) < 4.78 is 7.46. The predicted octanol–water partition coefficient (Wildman–Crippen LogP) is 3.24. The van der Waals surface area contributed by atoms with Gasteiger partial charge in [-0.1, -0.05) is 19.1 Å². The van der Waals surface area contributed by atoms with Crippen LogP contribution in [0.2, 0.25) is 0 Å². The minimum Gasteiger partial charge on any atom is -0.497 e. The van der Waals surface area contributed by atoms with Crippen molar-refractivity contribution in [3.8, 4) is 11.4 Å². The molecule has 3 rings (SSSR count). The number of imidazole rings is 1. The van der Waals surface area contributed by atoms with Gasteiger partial charge in [0.25, 0.3) is 0 Å². The van der Waals surface area contributed by atoms with Gasteiger partial charge >= 0.3 is 0 Å². The molecule has 25 heavy (non-hydrogen) atoms. The highest BCUT2D eigenvalue weighted by Gasteiger charge is 2.15. The number of aliphatic hydroxyl groups excluding tert-OH is 1. The molecule has 0 spiro atoms. The molecule has 132 valence electrons. The Hall–Kier alpha value is -2.37. The first kappa shape index (κ1) is 17.5. The normalized spacial score (nSPS) is 11.4. The van der Waals surface area contributed by atoms with Crippen molar-refractivity contribution in [1.82, 2.24) is 14.5 Å². The molecular weight excluding hydrogens is 314 g/mol. The van der Waals surface area contributed by atoms with Gasteiger partial charge in [-0.3, -0.25) is 9.47 Å². The Bertz CT molecular complexity index is 805. The first-order valence-electron chi connectivity index (χ1n) is 8.70. The van der Waals surface area contributed by atoms with Gasteiger partial charge in [0, 0.05) is 12.2 Å². The molecule has 5 nitrogen and oxygen atoms in total. The van der Waals surface area contributed by atoms with Crippen LogP contribution in [0, 0.1) is 0 Å². The van der Waals surface area contributed by atoms with Crippen LogP contribution in [0.25, 0.3) is 16.7 Å². The Morgan fingerprint density at radius 3 is 2.52 bits per heavy atom. The van der Waals surface area contributed by atoms with Crippen LogP contribution in [0.5, 0.6) is 5.75 Å². The number of benzene rings is 2. The number of nitrogens with zero attached hydrogens (tertiary/aromatic N) is 3. The Morgan fingerprint density at radius 2 is 1.84 bits per heavy atom. The van der Waals surface area contributed by atoms with Gasteiger partial charge in [0.2, 0.25) is 0 Å². The molecule has 1 N–H and O–H groups in total. The fourth-order valence-electron chi connectivity index (χ4n) is 3.13. The lowest BCUT2D eigenvalue weighted by molar-refractivity contribution is 0.187. The van der Waals surface area contributed by atoms with E-state index in [1.807, 2.05) is 42.5 Å². The van der Waals surface area contributed by atoms with E-state index in [9.17, 15) is 5.11 Å². The molecule has 1 aromatic heterocycles. The molecule has 2 aromatic carbocycles. The standard InChI is InChI=1S/C20H25N3O2/c1-3-12-22(13-14-24)15-20-21-18-6-4-5-7-19(18)23(20)16-8-10-17(25-2)11-9-16/h4-11,24H,3,12-15H2,1-2H3. The summed E-state index contributed by atoms with van der Waals surface area (Å²) in [6.07, 6.45) is 1.04. The Labute approximate surface area is 148 Å². The summed E-state index contributed by atoms with van der Waals surface area (Å²) in [6.45, 7) is 4.60. The summed E-state index contributed by atoms with van der Waals surface area (Å²) in [4.78, 5) is 7.08. The van der Waals surface area contributed by atoms with Gasteiger partial charge in [0.15, 0.2) is 0 Å². The highest BCUT2D eigenvalue weighted by molar-refractivity contribution is 5.78. The second kappa shape index (κ2) is 8.14. The number of hydrogen-bond acceptors (Lipinski definition) is 4. The maximum Gasteiger partial charge on any atom is 0.128 e. The Kier molecular flexibility index (Phi) is 5.68. The number of rotatable bonds is 8. The van der Waals surface area contributed by atoms with Crippen LogP contribution in [0.3, 0.4) is 0 Å². The quantitative estimate of drug-likeness (QED) is 0.684. The lowest BCUT2D eigenvalue weighted by atomic mass is 10.2. The van der Waals surface area contributed by atoms with E-state index >= 15 is 0 Å². The van der Waals surface area contributed by atoms with Crippen LogP contribution in [-0.2, 0) is 6.54 Å². The van der Waals surface area contributed by atoms with Crippen LogP contribution >= 0.6 is 0 Å². The molecule has 0 aliphatic carbocycles. The van der Waals surface area contributed by atoms with E-state index < -0.39 is 0 Å². The molecule has 0 bridgehead atoms. The van der Waals surface area contributed by atoms with Crippen molar-refractivity contribution in [2.24, 2.45) is 0 Å². The second-order valence-electron chi connectivity index (χ2n) is 6.05. The fraction of sp³-hybridized carbons (Fsp3) is 0.350. The van der Waals surface area contributed by atoms with Crippen LogP contribution in [0.15, 0.2) is 48.5 Å². The van der Waals surface area contributed by atoms with Crippen molar-refractivity contribution in [3.05, 3.63) is 54.4 Å². The minimum absolute atomic E-state index is 0.156. The monoisotopic (exact) mass is 339 g/mol. The molecule has 3 aromatic rings. The molecular formula is C20H25N3O2. The summed E-state index contributed by atoms with van der Waals surface area (Å²) >= 11 is 0. The van der Waals surface area contributed by atoms with Crippen LogP contribution < -0.4 is 4.74 Å². The van der Waals surface area contributed by atoms with Crippen LogP contribution in [-0.4, -0.2) is 46.4 Å². The van der Waals surface area contributed by atoms with Gasteiger partial charge in [-0.05, 0) is 49.4 Å². The summed E-state index contributed by atoms with van der Waals surface area (Å²) in [5, 5.41) is 9.34. The topological polar surface area (TPSA) is 50.5 Å². The van der Waals surface area contributed by atoms with Gasteiger partial charge in [-0.15, -0.1) is 0 Å². The number of methoxy groups -OCH3 is 1. The highest BCUT2D eigenvalue weighted by Crippen LogP contribution is 2.24. The van der Waals surface area contributed by atoms with E-state index in [1.165, 1.54) is 0 Å². The maximum absolute atomic E-state index is 9.34. The van der Waals surface area contributed by atoms with E-state index in [1.54, 1.807) is 7.11 Å². The molecule has 5 heteroatoms. The first-order valence-corrected chi connectivity index (χ1v) is 8.70. The van der Waals surface area contributed by atoms with E-state index in [4.69, 9.17) is 9.72 Å². The smallest absolute Gasteiger partial charge is 0.128 e. The molecule has 0 atom stereocenters. The van der Waals surface area contributed by atoms with Gasteiger partial charge in [-0.2, -0.15) is 0 Å². The Morgan fingerprint density at radius 1 is 1.08 bits per heavy atom. The molecule has 0 saturated heterocycles. The van der Waals surface area contributed by atoms with Crippen molar-refractivity contribution in [2.45, 2.75) is 19.9 Å².